The van der Waals surface area contributed by atoms with E-state index in [1.807, 2.05) is 36.2 Å². The average molecular weight is 447 g/mol. The molecule has 1 atom stereocenters. The molecule has 1 aliphatic rings. The van der Waals surface area contributed by atoms with E-state index in [1.54, 1.807) is 12.1 Å². The molecule has 4 heteroatoms. The van der Waals surface area contributed by atoms with E-state index in [-0.39, 0.29) is 17.8 Å². The van der Waals surface area contributed by atoms with Gasteiger partial charge in [-0.2, -0.15) is 0 Å². The summed E-state index contributed by atoms with van der Waals surface area (Å²) in [5.74, 6) is 0.609. The fraction of sp³-hybridized carbons (Fsp3) is 0.345. The zero-order chi connectivity index (χ0) is 24.0. The lowest BCUT2D eigenvalue weighted by atomic mass is 9.86. The molecule has 0 saturated carbocycles. The first-order valence-electron chi connectivity index (χ1n) is 11.7. The van der Waals surface area contributed by atoms with E-state index in [2.05, 4.69) is 39.0 Å². The number of aryl methyl sites for hydroxylation is 1. The Morgan fingerprint density at radius 2 is 1.55 bits per heavy atom. The molecular formula is C29H35FN2O. The minimum atomic E-state index is -0.254. The molecule has 2 N–H and O–H groups in total. The van der Waals surface area contributed by atoms with Crippen LogP contribution in [0.3, 0.4) is 0 Å². The van der Waals surface area contributed by atoms with Gasteiger partial charge >= 0.3 is 0 Å². The van der Waals surface area contributed by atoms with Gasteiger partial charge in [0.25, 0.3) is 5.91 Å². The van der Waals surface area contributed by atoms with Gasteiger partial charge in [0.1, 0.15) is 5.82 Å². The second-order valence-electron chi connectivity index (χ2n) is 9.44. The number of carbonyl (C=O) groups excluding carboxylic acids is 1. The molecule has 3 nitrogen and oxygen atoms in total. The SMILES string of the molecule is CC(C)C.CN(C(=O)c1ccc(-c2ccc(F)cc2)cc1)C1CCc2cc(CN)ccc2C1. The van der Waals surface area contributed by atoms with E-state index in [4.69, 9.17) is 5.73 Å². The van der Waals surface area contributed by atoms with Crippen molar-refractivity contribution < 1.29 is 9.18 Å². The third-order valence-electron chi connectivity index (χ3n) is 5.89. The summed E-state index contributed by atoms with van der Waals surface area (Å²) >= 11 is 0. The van der Waals surface area contributed by atoms with Crippen LogP contribution in [0.2, 0.25) is 0 Å². The zero-order valence-electron chi connectivity index (χ0n) is 20.1. The standard InChI is InChI=1S/C25H25FN2O.C4H10/c1-28(24-13-10-21-14-17(16-27)2-3-22(21)15-24)25(29)20-6-4-18(5-7-20)19-8-11-23(26)12-9-19;1-4(2)3/h2-9,11-12,14,24H,10,13,15-16,27H2,1H3;4H,1-3H3. The molecule has 1 aliphatic carbocycles. The zero-order valence-corrected chi connectivity index (χ0v) is 20.1. The van der Waals surface area contributed by atoms with Gasteiger partial charge in [-0.25, -0.2) is 4.39 Å². The maximum atomic E-state index is 13.1. The van der Waals surface area contributed by atoms with E-state index >= 15 is 0 Å². The number of rotatable bonds is 4. The fourth-order valence-corrected chi connectivity index (χ4v) is 4.06. The van der Waals surface area contributed by atoms with Crippen molar-refractivity contribution in [1.29, 1.82) is 0 Å². The average Bonchev–Trinajstić information content (AvgIpc) is 2.82. The van der Waals surface area contributed by atoms with Gasteiger partial charge in [0.2, 0.25) is 0 Å². The van der Waals surface area contributed by atoms with Crippen LogP contribution in [0.4, 0.5) is 4.39 Å². The molecule has 1 amide bonds. The van der Waals surface area contributed by atoms with Gasteiger partial charge in [-0.05, 0) is 77.3 Å². The van der Waals surface area contributed by atoms with Gasteiger partial charge in [0.15, 0.2) is 0 Å². The number of carbonyl (C=O) groups is 1. The molecule has 174 valence electrons. The molecule has 0 fully saturated rings. The van der Waals surface area contributed by atoms with Crippen LogP contribution in [-0.4, -0.2) is 23.9 Å². The number of likely N-dealkylation sites (N-methyl/N-ethyl adjacent to an activating group) is 1. The first-order chi connectivity index (χ1) is 15.8. The number of nitrogens with zero attached hydrogens (tertiary/aromatic N) is 1. The highest BCUT2D eigenvalue weighted by atomic mass is 19.1. The van der Waals surface area contributed by atoms with Crippen LogP contribution < -0.4 is 5.73 Å². The number of halogens is 1. The molecule has 3 aromatic rings. The van der Waals surface area contributed by atoms with Crippen LogP contribution >= 0.6 is 0 Å². The quantitative estimate of drug-likeness (QED) is 0.515. The molecule has 4 rings (SSSR count). The molecular weight excluding hydrogens is 411 g/mol. The Balaban J connectivity index is 0.000000709. The van der Waals surface area contributed by atoms with E-state index in [1.165, 1.54) is 23.3 Å². The van der Waals surface area contributed by atoms with E-state index < -0.39 is 0 Å². The van der Waals surface area contributed by atoms with Crippen LogP contribution in [0.25, 0.3) is 11.1 Å². The summed E-state index contributed by atoms with van der Waals surface area (Å²) in [7, 11) is 1.89. The minimum Gasteiger partial charge on any atom is -0.338 e. The van der Waals surface area contributed by atoms with Crippen LogP contribution in [0, 0.1) is 11.7 Å². The second kappa shape index (κ2) is 11.2. The maximum Gasteiger partial charge on any atom is 0.253 e. The smallest absolute Gasteiger partial charge is 0.253 e. The normalized spacial score (nSPS) is 14.8. The Hall–Kier alpha value is -2.98. The molecule has 0 heterocycles. The van der Waals surface area contributed by atoms with E-state index in [9.17, 15) is 9.18 Å². The van der Waals surface area contributed by atoms with Crippen molar-refractivity contribution in [2.75, 3.05) is 7.05 Å². The number of benzene rings is 3. The van der Waals surface area contributed by atoms with Crippen molar-refractivity contribution in [1.82, 2.24) is 4.90 Å². The Morgan fingerprint density at radius 1 is 0.970 bits per heavy atom. The van der Waals surface area contributed by atoms with Gasteiger partial charge in [0, 0.05) is 25.2 Å². The highest BCUT2D eigenvalue weighted by Crippen LogP contribution is 2.26. The molecule has 0 saturated heterocycles. The molecule has 0 radical (unpaired) electrons. The number of hydrogen-bond acceptors (Lipinski definition) is 2. The monoisotopic (exact) mass is 446 g/mol. The summed E-state index contributed by atoms with van der Waals surface area (Å²) in [4.78, 5) is 14.9. The fourth-order valence-electron chi connectivity index (χ4n) is 4.06. The highest BCUT2D eigenvalue weighted by molar-refractivity contribution is 5.94. The minimum absolute atomic E-state index is 0.0303. The van der Waals surface area contributed by atoms with Crippen molar-refractivity contribution in [2.45, 2.75) is 52.6 Å². The third-order valence-corrected chi connectivity index (χ3v) is 5.89. The van der Waals surface area contributed by atoms with E-state index in [0.29, 0.717) is 12.1 Å². The summed E-state index contributed by atoms with van der Waals surface area (Å²) in [6.45, 7) is 7.06. The second-order valence-corrected chi connectivity index (χ2v) is 9.44. The lowest BCUT2D eigenvalue weighted by Gasteiger charge is -2.33. The van der Waals surface area contributed by atoms with Gasteiger partial charge in [-0.3, -0.25) is 4.79 Å². The van der Waals surface area contributed by atoms with Crippen LogP contribution in [0.5, 0.6) is 0 Å². The van der Waals surface area contributed by atoms with Gasteiger partial charge < -0.3 is 10.6 Å². The number of hydrogen-bond donors (Lipinski definition) is 1. The predicted molar refractivity (Wildman–Crippen MR) is 135 cm³/mol. The number of nitrogens with two attached hydrogens (primary N) is 1. The molecule has 0 bridgehead atoms. The van der Waals surface area contributed by atoms with Gasteiger partial charge in [-0.15, -0.1) is 0 Å². The first-order valence-corrected chi connectivity index (χ1v) is 11.7. The number of amides is 1. The Bertz CT molecular complexity index is 1060. The lowest BCUT2D eigenvalue weighted by molar-refractivity contribution is 0.0719. The summed E-state index contributed by atoms with van der Waals surface area (Å²) in [6.07, 6.45) is 2.79. The van der Waals surface area contributed by atoms with Crippen molar-refractivity contribution in [2.24, 2.45) is 11.7 Å². The largest absolute Gasteiger partial charge is 0.338 e. The topological polar surface area (TPSA) is 46.3 Å². The van der Waals surface area contributed by atoms with Crippen LogP contribution in [-0.2, 0) is 19.4 Å². The predicted octanol–water partition coefficient (Wildman–Crippen LogP) is 6.24. The summed E-state index contributed by atoms with van der Waals surface area (Å²) in [6, 6.07) is 20.5. The number of fused-ring (bicyclic) bond motifs is 1. The van der Waals surface area contributed by atoms with Crippen molar-refractivity contribution in [3.05, 3.63) is 94.8 Å². The molecule has 0 aliphatic heterocycles. The molecule has 1 unspecified atom stereocenters. The lowest BCUT2D eigenvalue weighted by Crippen LogP contribution is -2.40. The van der Waals surface area contributed by atoms with Gasteiger partial charge in [-0.1, -0.05) is 63.2 Å². The third kappa shape index (κ3) is 6.52. The Kier molecular flexibility index (Phi) is 8.40. The molecule has 3 aromatic carbocycles. The summed E-state index contributed by atoms with van der Waals surface area (Å²) in [5, 5.41) is 0. The van der Waals surface area contributed by atoms with E-state index in [0.717, 1.165) is 41.9 Å². The Morgan fingerprint density at radius 3 is 2.12 bits per heavy atom. The van der Waals surface area contributed by atoms with Gasteiger partial charge in [0.05, 0.1) is 0 Å². The highest BCUT2D eigenvalue weighted by Gasteiger charge is 2.26. The van der Waals surface area contributed by atoms with Crippen LogP contribution in [0.1, 0.15) is 54.2 Å². The van der Waals surface area contributed by atoms with Crippen molar-refractivity contribution >= 4 is 5.91 Å². The maximum absolute atomic E-state index is 13.1. The molecule has 0 spiro atoms. The van der Waals surface area contributed by atoms with Crippen molar-refractivity contribution in [3.8, 4) is 11.1 Å². The first kappa shape index (κ1) is 24.7. The Labute approximate surface area is 197 Å². The summed E-state index contributed by atoms with van der Waals surface area (Å²) in [5.41, 5.74) is 12.1. The van der Waals surface area contributed by atoms with Crippen LogP contribution in [0.15, 0.2) is 66.7 Å². The molecule has 33 heavy (non-hydrogen) atoms. The summed E-state index contributed by atoms with van der Waals surface area (Å²) < 4.78 is 13.1. The molecule has 0 aromatic heterocycles. The van der Waals surface area contributed by atoms with Crippen molar-refractivity contribution in [3.63, 3.8) is 0 Å².